The zero-order valence-corrected chi connectivity index (χ0v) is 23.5. The van der Waals surface area contributed by atoms with E-state index in [0.29, 0.717) is 0 Å². The lowest BCUT2D eigenvalue weighted by Crippen LogP contribution is -2.62. The number of rotatable bonds is 2. The number of para-hydroxylation sites is 2. The van der Waals surface area contributed by atoms with Crippen LogP contribution in [0, 0.1) is 0 Å². The first-order valence-electron chi connectivity index (χ1n) is 14.0. The van der Waals surface area contributed by atoms with Gasteiger partial charge in [-0.25, -0.2) is 0 Å². The van der Waals surface area contributed by atoms with Gasteiger partial charge in [-0.2, -0.15) is 0 Å². The van der Waals surface area contributed by atoms with Gasteiger partial charge in [0.1, 0.15) is 0 Å². The van der Waals surface area contributed by atoms with E-state index in [-0.39, 0.29) is 6.71 Å². The molecule has 41 heavy (non-hydrogen) atoms. The molecule has 3 aliphatic heterocycles. The highest BCUT2D eigenvalue weighted by Crippen LogP contribution is 2.46. The molecule has 0 atom stereocenters. The van der Waals surface area contributed by atoms with Crippen LogP contribution < -0.4 is 21.3 Å². The third kappa shape index (κ3) is 2.92. The minimum Gasteiger partial charge on any atom is -0.311 e. The van der Waals surface area contributed by atoms with E-state index in [2.05, 4.69) is 137 Å². The summed E-state index contributed by atoms with van der Waals surface area (Å²) in [6.07, 6.45) is 0. The average molecular weight is 557 g/mol. The number of hydrogen-bond acceptors (Lipinski definition) is 3. The summed E-state index contributed by atoms with van der Waals surface area (Å²) in [6.45, 7) is 0.276. The number of anilines is 3. The zero-order valence-electron chi connectivity index (χ0n) is 21.9. The molecule has 0 radical (unpaired) electrons. The molecule has 0 unspecified atom stereocenters. The Morgan fingerprint density at radius 1 is 0.439 bits per heavy atom. The Hall–Kier alpha value is -4.32. The van der Waals surface area contributed by atoms with Crippen LogP contribution in [-0.2, 0) is 0 Å². The van der Waals surface area contributed by atoms with Crippen LogP contribution in [0.4, 0.5) is 17.1 Å². The van der Waals surface area contributed by atoms with Crippen LogP contribution in [0.15, 0.2) is 147 Å². The molecule has 0 spiro atoms. The lowest BCUT2D eigenvalue weighted by atomic mass is 9.34. The van der Waals surface area contributed by atoms with Crippen molar-refractivity contribution in [3.8, 4) is 5.69 Å². The molecule has 190 valence electrons. The molecule has 1 aromatic heterocycles. The van der Waals surface area contributed by atoms with Crippen molar-refractivity contribution in [2.75, 3.05) is 4.90 Å². The molecule has 2 nitrogen and oxygen atoms in total. The van der Waals surface area contributed by atoms with Gasteiger partial charge in [0.2, 0.25) is 0 Å². The van der Waals surface area contributed by atoms with Crippen molar-refractivity contribution in [1.82, 2.24) is 4.57 Å². The first kappa shape index (κ1) is 22.4. The monoisotopic (exact) mass is 556 g/mol. The molecule has 0 saturated heterocycles. The second-order valence-electron chi connectivity index (χ2n) is 10.9. The summed E-state index contributed by atoms with van der Waals surface area (Å²) in [6, 6.07) is 47.1. The van der Waals surface area contributed by atoms with Gasteiger partial charge in [-0.15, -0.1) is 0 Å². The van der Waals surface area contributed by atoms with Crippen molar-refractivity contribution in [2.45, 2.75) is 19.6 Å². The van der Waals surface area contributed by atoms with Crippen LogP contribution in [0.3, 0.4) is 0 Å². The number of benzene rings is 6. The van der Waals surface area contributed by atoms with Gasteiger partial charge < -0.3 is 9.47 Å². The van der Waals surface area contributed by atoms with E-state index in [1.165, 1.54) is 80.5 Å². The van der Waals surface area contributed by atoms with Crippen LogP contribution >= 0.6 is 23.5 Å². The smallest absolute Gasteiger partial charge is 0.252 e. The summed E-state index contributed by atoms with van der Waals surface area (Å²) < 4.78 is 2.41. The number of hydrogen-bond donors (Lipinski definition) is 0. The first-order valence-corrected chi connectivity index (χ1v) is 15.6. The molecule has 4 heterocycles. The lowest BCUT2D eigenvalue weighted by molar-refractivity contribution is 1.17. The number of aromatic nitrogens is 1. The molecular formula is C36H21BN2S2. The van der Waals surface area contributed by atoms with E-state index in [9.17, 15) is 0 Å². The SMILES string of the molecule is c1cc(N2c3cccc4c3B3c5c(cccc5Sc5cccc2c53)S4)cc(-n2c3ccccc3c3ccccc32)c1. The van der Waals surface area contributed by atoms with Crippen LogP contribution in [0.5, 0.6) is 0 Å². The largest absolute Gasteiger partial charge is 0.311 e. The molecule has 5 heteroatoms. The standard InChI is InChI=1S/C36H21BN2S2/c1-3-13-26-24(11-1)25-12-2-4-14-27(25)38(26)22-9-5-10-23(21-22)39-28-15-6-17-30-34(28)37-35-29(39)16-7-18-31(35)41-33-20-8-19-32(40-30)36(33)37/h1-21H. The van der Waals surface area contributed by atoms with Gasteiger partial charge in [0.15, 0.2) is 0 Å². The van der Waals surface area contributed by atoms with Crippen molar-refractivity contribution in [1.29, 1.82) is 0 Å². The quantitative estimate of drug-likeness (QED) is 0.200. The van der Waals surface area contributed by atoms with Crippen LogP contribution in [0.1, 0.15) is 0 Å². The van der Waals surface area contributed by atoms with Crippen LogP contribution in [0.25, 0.3) is 27.5 Å². The fraction of sp³-hybridized carbons (Fsp3) is 0. The minimum atomic E-state index is 0.276. The van der Waals surface area contributed by atoms with Gasteiger partial charge in [0.25, 0.3) is 6.71 Å². The average Bonchev–Trinajstić information content (AvgIpc) is 3.36. The fourth-order valence-electron chi connectivity index (χ4n) is 7.25. The molecule has 6 aromatic carbocycles. The van der Waals surface area contributed by atoms with Crippen molar-refractivity contribution >= 4 is 85.5 Å². The summed E-state index contributed by atoms with van der Waals surface area (Å²) in [5.74, 6) is 0. The summed E-state index contributed by atoms with van der Waals surface area (Å²) in [4.78, 5) is 8.03. The van der Waals surface area contributed by atoms with E-state index >= 15 is 0 Å². The highest BCUT2D eigenvalue weighted by molar-refractivity contribution is 8.01. The Morgan fingerprint density at radius 2 is 0.927 bits per heavy atom. The van der Waals surface area contributed by atoms with Gasteiger partial charge in [-0.1, -0.05) is 84.2 Å². The Bertz CT molecular complexity index is 2120. The molecule has 0 bridgehead atoms. The molecule has 0 fully saturated rings. The third-order valence-corrected chi connectivity index (χ3v) is 11.1. The van der Waals surface area contributed by atoms with Gasteiger partial charge in [-0.3, -0.25) is 0 Å². The first-order chi connectivity index (χ1) is 20.3. The zero-order chi connectivity index (χ0) is 26.7. The maximum atomic E-state index is 2.51. The molecule has 0 amide bonds. The molecular weight excluding hydrogens is 535 g/mol. The second kappa shape index (κ2) is 8.13. The molecule has 0 saturated carbocycles. The van der Waals surface area contributed by atoms with E-state index in [0.717, 1.165) is 0 Å². The predicted octanol–water partition coefficient (Wildman–Crippen LogP) is 8.01. The maximum absolute atomic E-state index is 2.51. The van der Waals surface area contributed by atoms with Crippen molar-refractivity contribution in [3.05, 3.63) is 127 Å². The summed E-state index contributed by atoms with van der Waals surface area (Å²) >= 11 is 3.85. The van der Waals surface area contributed by atoms with Crippen LogP contribution in [0.2, 0.25) is 0 Å². The lowest BCUT2D eigenvalue weighted by Gasteiger charge is -2.43. The summed E-state index contributed by atoms with van der Waals surface area (Å²) in [7, 11) is 0. The number of fused-ring (bicyclic) bond motifs is 3. The second-order valence-corrected chi connectivity index (χ2v) is 13.1. The van der Waals surface area contributed by atoms with Gasteiger partial charge in [0.05, 0.1) is 11.0 Å². The van der Waals surface area contributed by atoms with E-state index in [1.54, 1.807) is 0 Å². The van der Waals surface area contributed by atoms with Crippen molar-refractivity contribution in [3.63, 3.8) is 0 Å². The van der Waals surface area contributed by atoms with Gasteiger partial charge >= 0.3 is 0 Å². The van der Waals surface area contributed by atoms with E-state index < -0.39 is 0 Å². The molecule has 3 aliphatic rings. The Balaban J connectivity index is 1.24. The Morgan fingerprint density at radius 3 is 1.54 bits per heavy atom. The Kier molecular flexibility index (Phi) is 4.44. The summed E-state index contributed by atoms with van der Waals surface area (Å²) in [5.41, 5.74) is 11.8. The normalized spacial score (nSPS) is 14.0. The molecule has 0 aliphatic carbocycles. The van der Waals surface area contributed by atoms with Gasteiger partial charge in [0, 0.05) is 53.1 Å². The van der Waals surface area contributed by atoms with Gasteiger partial charge in [-0.05, 0) is 83.1 Å². The summed E-state index contributed by atoms with van der Waals surface area (Å²) in [5, 5.41) is 2.57. The third-order valence-electron chi connectivity index (χ3n) is 8.83. The highest BCUT2D eigenvalue weighted by atomic mass is 32.2. The molecule has 7 aromatic rings. The number of nitrogens with zero attached hydrogens (tertiary/aromatic N) is 2. The van der Waals surface area contributed by atoms with E-state index in [1.807, 2.05) is 23.5 Å². The van der Waals surface area contributed by atoms with E-state index in [4.69, 9.17) is 0 Å². The molecule has 0 N–H and O–H groups in total. The predicted molar refractivity (Wildman–Crippen MR) is 175 cm³/mol. The fourth-order valence-corrected chi connectivity index (χ4v) is 9.71. The van der Waals surface area contributed by atoms with Crippen molar-refractivity contribution < 1.29 is 0 Å². The van der Waals surface area contributed by atoms with Crippen LogP contribution in [-0.4, -0.2) is 11.3 Å². The topological polar surface area (TPSA) is 8.17 Å². The van der Waals surface area contributed by atoms with Crippen molar-refractivity contribution in [2.24, 2.45) is 0 Å². The minimum absolute atomic E-state index is 0.276. The molecule has 10 rings (SSSR count). The highest BCUT2D eigenvalue weighted by Gasteiger charge is 2.45. The maximum Gasteiger partial charge on any atom is 0.252 e. The Labute approximate surface area is 246 Å².